The van der Waals surface area contributed by atoms with Crippen LogP contribution in [0.3, 0.4) is 0 Å². The molecule has 0 fully saturated rings. The van der Waals surface area contributed by atoms with Crippen molar-refractivity contribution in [1.29, 1.82) is 0 Å². The first-order chi connectivity index (χ1) is 11.8. The van der Waals surface area contributed by atoms with E-state index in [1.165, 1.54) is 11.3 Å². The first kappa shape index (κ1) is 19.1. The summed E-state index contributed by atoms with van der Waals surface area (Å²) in [6.45, 7) is 8.20. The standard InChI is InChI=1S/C19H25N3O2S/c1-5-11-22(17(24)19(2,3)4)12-16(23)21-18-20-15(13-25-18)14-9-7-6-8-10-14/h6-10,13H,5,11-12H2,1-4H3,(H,20,21,23). The third-order valence-electron chi connectivity index (χ3n) is 3.58. The van der Waals surface area contributed by atoms with Gasteiger partial charge in [-0.25, -0.2) is 4.98 Å². The Kier molecular flexibility index (Phi) is 6.31. The van der Waals surface area contributed by atoms with E-state index in [0.717, 1.165) is 17.7 Å². The van der Waals surface area contributed by atoms with Crippen molar-refractivity contribution in [1.82, 2.24) is 9.88 Å². The van der Waals surface area contributed by atoms with Crippen molar-refractivity contribution in [2.75, 3.05) is 18.4 Å². The van der Waals surface area contributed by atoms with Gasteiger partial charge in [0.15, 0.2) is 5.13 Å². The molecule has 2 amide bonds. The van der Waals surface area contributed by atoms with E-state index in [0.29, 0.717) is 11.7 Å². The molecule has 6 heteroatoms. The Balaban J connectivity index is 2.01. The van der Waals surface area contributed by atoms with Crippen LogP contribution < -0.4 is 5.32 Å². The number of carbonyl (C=O) groups excluding carboxylic acids is 2. The van der Waals surface area contributed by atoms with E-state index in [4.69, 9.17) is 0 Å². The SMILES string of the molecule is CCCN(CC(=O)Nc1nc(-c2ccccc2)cs1)C(=O)C(C)(C)C. The number of nitrogens with one attached hydrogen (secondary N) is 1. The summed E-state index contributed by atoms with van der Waals surface area (Å²) in [6, 6.07) is 9.81. The van der Waals surface area contributed by atoms with Crippen LogP contribution in [-0.4, -0.2) is 34.8 Å². The Hall–Kier alpha value is -2.21. The minimum absolute atomic E-state index is 0.0198. The molecule has 0 unspecified atom stereocenters. The molecule has 0 saturated heterocycles. The quantitative estimate of drug-likeness (QED) is 0.847. The molecule has 1 N–H and O–H groups in total. The van der Waals surface area contributed by atoms with Crippen LogP contribution in [0.4, 0.5) is 5.13 Å². The van der Waals surface area contributed by atoms with Crippen LogP contribution in [0.15, 0.2) is 35.7 Å². The molecule has 1 aromatic carbocycles. The fourth-order valence-electron chi connectivity index (χ4n) is 2.40. The number of thiazole rings is 1. The Labute approximate surface area is 153 Å². The Bertz CT molecular complexity index is 720. The van der Waals surface area contributed by atoms with E-state index in [1.807, 2.05) is 63.4 Å². The molecule has 0 aliphatic heterocycles. The lowest BCUT2D eigenvalue weighted by molar-refractivity contribution is -0.141. The highest BCUT2D eigenvalue weighted by molar-refractivity contribution is 7.14. The summed E-state index contributed by atoms with van der Waals surface area (Å²) in [4.78, 5) is 30.9. The fourth-order valence-corrected chi connectivity index (χ4v) is 3.14. The van der Waals surface area contributed by atoms with Gasteiger partial charge < -0.3 is 10.2 Å². The molecule has 0 radical (unpaired) electrons. The lowest BCUT2D eigenvalue weighted by Gasteiger charge is -2.28. The lowest BCUT2D eigenvalue weighted by atomic mass is 9.94. The third kappa shape index (κ3) is 5.39. The monoisotopic (exact) mass is 359 g/mol. The van der Waals surface area contributed by atoms with E-state index >= 15 is 0 Å². The largest absolute Gasteiger partial charge is 0.333 e. The van der Waals surface area contributed by atoms with E-state index in [9.17, 15) is 9.59 Å². The summed E-state index contributed by atoms with van der Waals surface area (Å²) < 4.78 is 0. The minimum Gasteiger partial charge on any atom is -0.333 e. The van der Waals surface area contributed by atoms with Crippen molar-refractivity contribution in [3.8, 4) is 11.3 Å². The van der Waals surface area contributed by atoms with Gasteiger partial charge in [0.2, 0.25) is 11.8 Å². The second kappa shape index (κ2) is 8.25. The highest BCUT2D eigenvalue weighted by Crippen LogP contribution is 2.24. The predicted molar refractivity (Wildman–Crippen MR) is 103 cm³/mol. The van der Waals surface area contributed by atoms with E-state index in [2.05, 4.69) is 10.3 Å². The highest BCUT2D eigenvalue weighted by atomic mass is 32.1. The van der Waals surface area contributed by atoms with Gasteiger partial charge in [0.05, 0.1) is 12.2 Å². The second-order valence-electron chi connectivity index (χ2n) is 6.93. The van der Waals surface area contributed by atoms with Crippen LogP contribution in [0, 0.1) is 5.41 Å². The number of benzene rings is 1. The molecule has 0 atom stereocenters. The van der Waals surface area contributed by atoms with Crippen molar-refractivity contribution in [3.63, 3.8) is 0 Å². The maximum absolute atomic E-state index is 12.5. The van der Waals surface area contributed by atoms with Gasteiger partial charge in [-0.3, -0.25) is 9.59 Å². The molecule has 0 aliphatic rings. The van der Waals surface area contributed by atoms with Crippen molar-refractivity contribution in [2.24, 2.45) is 5.41 Å². The van der Waals surface area contributed by atoms with Crippen LogP contribution in [-0.2, 0) is 9.59 Å². The van der Waals surface area contributed by atoms with E-state index in [-0.39, 0.29) is 18.4 Å². The van der Waals surface area contributed by atoms with Crippen molar-refractivity contribution in [2.45, 2.75) is 34.1 Å². The number of hydrogen-bond donors (Lipinski definition) is 1. The molecule has 134 valence electrons. The van der Waals surface area contributed by atoms with Gasteiger partial charge in [0, 0.05) is 22.9 Å². The van der Waals surface area contributed by atoms with Gasteiger partial charge in [0.25, 0.3) is 0 Å². The summed E-state index contributed by atoms with van der Waals surface area (Å²) in [6.07, 6.45) is 0.810. The zero-order chi connectivity index (χ0) is 18.4. The number of amides is 2. The van der Waals surface area contributed by atoms with Gasteiger partial charge in [0.1, 0.15) is 0 Å². The third-order valence-corrected chi connectivity index (χ3v) is 4.33. The zero-order valence-corrected chi connectivity index (χ0v) is 16.0. The Morgan fingerprint density at radius 2 is 1.88 bits per heavy atom. The van der Waals surface area contributed by atoms with Gasteiger partial charge in [-0.1, -0.05) is 58.0 Å². The molecule has 0 aliphatic carbocycles. The molecule has 1 aromatic heterocycles. The van der Waals surface area contributed by atoms with Crippen molar-refractivity contribution < 1.29 is 9.59 Å². The number of nitrogens with zero attached hydrogens (tertiary/aromatic N) is 2. The summed E-state index contributed by atoms with van der Waals surface area (Å²) >= 11 is 1.38. The van der Waals surface area contributed by atoms with Crippen molar-refractivity contribution in [3.05, 3.63) is 35.7 Å². The molecule has 5 nitrogen and oxygen atoms in total. The summed E-state index contributed by atoms with van der Waals surface area (Å²) in [5.74, 6) is -0.242. The second-order valence-corrected chi connectivity index (χ2v) is 7.79. The molecule has 2 rings (SSSR count). The number of aromatic nitrogens is 1. The molecule has 25 heavy (non-hydrogen) atoms. The Morgan fingerprint density at radius 1 is 1.20 bits per heavy atom. The molecular weight excluding hydrogens is 334 g/mol. The van der Waals surface area contributed by atoms with Crippen LogP contribution in [0.25, 0.3) is 11.3 Å². The number of hydrogen-bond acceptors (Lipinski definition) is 4. The smallest absolute Gasteiger partial charge is 0.245 e. The van der Waals surface area contributed by atoms with Gasteiger partial charge in [-0.2, -0.15) is 0 Å². The lowest BCUT2D eigenvalue weighted by Crippen LogP contribution is -2.44. The summed E-state index contributed by atoms with van der Waals surface area (Å²) in [5.41, 5.74) is 1.34. The van der Waals surface area contributed by atoms with E-state index in [1.54, 1.807) is 4.90 Å². The summed E-state index contributed by atoms with van der Waals surface area (Å²) in [5, 5.41) is 5.26. The van der Waals surface area contributed by atoms with Gasteiger partial charge >= 0.3 is 0 Å². The molecular formula is C19H25N3O2S. The molecule has 2 aromatic rings. The zero-order valence-electron chi connectivity index (χ0n) is 15.2. The number of anilines is 1. The average molecular weight is 359 g/mol. The maximum atomic E-state index is 12.5. The maximum Gasteiger partial charge on any atom is 0.245 e. The fraction of sp³-hybridized carbons (Fsp3) is 0.421. The first-order valence-electron chi connectivity index (χ1n) is 8.41. The Morgan fingerprint density at radius 3 is 2.48 bits per heavy atom. The van der Waals surface area contributed by atoms with Gasteiger partial charge in [-0.05, 0) is 6.42 Å². The number of rotatable bonds is 6. The molecule has 1 heterocycles. The van der Waals surface area contributed by atoms with Crippen LogP contribution >= 0.6 is 11.3 Å². The van der Waals surface area contributed by atoms with Crippen LogP contribution in [0.1, 0.15) is 34.1 Å². The van der Waals surface area contributed by atoms with Gasteiger partial charge in [-0.15, -0.1) is 11.3 Å². The minimum atomic E-state index is -0.503. The topological polar surface area (TPSA) is 62.3 Å². The molecule has 0 saturated carbocycles. The van der Waals surface area contributed by atoms with E-state index < -0.39 is 5.41 Å². The normalized spacial score (nSPS) is 11.2. The van der Waals surface area contributed by atoms with Crippen LogP contribution in [0.5, 0.6) is 0 Å². The van der Waals surface area contributed by atoms with Crippen LogP contribution in [0.2, 0.25) is 0 Å². The number of carbonyl (C=O) groups is 2. The first-order valence-corrected chi connectivity index (χ1v) is 9.29. The molecule has 0 bridgehead atoms. The van der Waals surface area contributed by atoms with Crippen molar-refractivity contribution >= 4 is 28.3 Å². The highest BCUT2D eigenvalue weighted by Gasteiger charge is 2.28. The average Bonchev–Trinajstić information content (AvgIpc) is 3.02. The summed E-state index contributed by atoms with van der Waals surface area (Å²) in [7, 11) is 0. The molecule has 0 spiro atoms. The predicted octanol–water partition coefficient (Wildman–Crippen LogP) is 4.03.